The number of aromatic hydroxyl groups is 1. The normalized spacial score (nSPS) is 10.6. The van der Waals surface area contributed by atoms with E-state index in [-0.39, 0.29) is 10.5 Å². The average molecular weight is 303 g/mol. The van der Waals surface area contributed by atoms with Crippen LogP contribution in [0.4, 0.5) is 5.69 Å². The Morgan fingerprint density at radius 1 is 1.26 bits per heavy atom. The average Bonchev–Trinajstić information content (AvgIpc) is 2.40. The molecule has 1 aromatic carbocycles. The molecule has 0 aliphatic heterocycles. The molecule has 0 atom stereocenters. The van der Waals surface area contributed by atoms with Crippen molar-refractivity contribution in [2.24, 2.45) is 0 Å². The van der Waals surface area contributed by atoms with E-state index in [2.05, 4.69) is 4.98 Å². The van der Waals surface area contributed by atoms with Crippen LogP contribution >= 0.6 is 23.2 Å². The summed E-state index contributed by atoms with van der Waals surface area (Å²) in [5.41, 5.74) is -2.80. The van der Waals surface area contributed by atoms with Crippen molar-refractivity contribution in [3.8, 4) is 5.75 Å². The number of aromatic amines is 1. The SMILES string of the molecule is O=c1[nH]c2cc(Cl)c(Cl)c([N+](=O)[O-])c2c(=O)cc1O. The molecule has 2 rings (SSSR count). The highest BCUT2D eigenvalue weighted by Gasteiger charge is 2.23. The van der Waals surface area contributed by atoms with Crippen LogP contribution in [0.2, 0.25) is 10.0 Å². The van der Waals surface area contributed by atoms with Gasteiger partial charge in [0, 0.05) is 6.07 Å². The number of fused-ring (bicyclic) bond motifs is 1. The lowest BCUT2D eigenvalue weighted by Crippen LogP contribution is -2.02. The molecule has 0 unspecified atom stereocenters. The van der Waals surface area contributed by atoms with Gasteiger partial charge >= 0.3 is 5.69 Å². The molecule has 1 aromatic heterocycles. The second-order valence-electron chi connectivity index (χ2n) is 3.55. The molecule has 2 aromatic rings. The van der Waals surface area contributed by atoms with Crippen LogP contribution in [0.25, 0.3) is 10.9 Å². The van der Waals surface area contributed by atoms with Crippen LogP contribution in [0, 0.1) is 10.1 Å². The predicted molar refractivity (Wildman–Crippen MR) is 69.2 cm³/mol. The minimum absolute atomic E-state index is 0.184. The molecule has 98 valence electrons. The number of benzene rings is 1. The van der Waals surface area contributed by atoms with Crippen molar-refractivity contribution in [1.82, 2.24) is 4.98 Å². The van der Waals surface area contributed by atoms with Crippen molar-refractivity contribution in [3.63, 3.8) is 0 Å². The van der Waals surface area contributed by atoms with Gasteiger partial charge in [-0.25, -0.2) is 0 Å². The van der Waals surface area contributed by atoms with Gasteiger partial charge in [0.05, 0.1) is 15.5 Å². The summed E-state index contributed by atoms with van der Waals surface area (Å²) >= 11 is 11.4. The second-order valence-corrected chi connectivity index (χ2v) is 4.33. The Bertz CT molecular complexity index is 831. The first kappa shape index (κ1) is 13.3. The number of hydrogen-bond donors (Lipinski definition) is 2. The fourth-order valence-electron chi connectivity index (χ4n) is 1.58. The molecule has 9 heteroatoms. The molecule has 0 aliphatic rings. The molecule has 0 saturated heterocycles. The Hall–Kier alpha value is -2.12. The predicted octanol–water partition coefficient (Wildman–Crippen LogP) is 1.81. The maximum Gasteiger partial charge on any atom is 0.302 e. The highest BCUT2D eigenvalue weighted by Crippen LogP contribution is 2.36. The highest BCUT2D eigenvalue weighted by molar-refractivity contribution is 6.44. The van der Waals surface area contributed by atoms with E-state index in [0.29, 0.717) is 6.07 Å². The van der Waals surface area contributed by atoms with Crippen molar-refractivity contribution < 1.29 is 10.0 Å². The van der Waals surface area contributed by atoms with Gasteiger partial charge in [0.2, 0.25) is 0 Å². The lowest BCUT2D eigenvalue weighted by Gasteiger charge is -2.00. The number of halogens is 2. The lowest BCUT2D eigenvalue weighted by molar-refractivity contribution is -0.382. The molecule has 0 spiro atoms. The van der Waals surface area contributed by atoms with Gasteiger partial charge in [-0.15, -0.1) is 0 Å². The van der Waals surface area contributed by atoms with E-state index in [1.54, 1.807) is 0 Å². The zero-order chi connectivity index (χ0) is 14.3. The van der Waals surface area contributed by atoms with Gasteiger partial charge in [0.15, 0.2) is 11.2 Å². The first-order valence-corrected chi connectivity index (χ1v) is 5.51. The Balaban J connectivity index is 3.23. The van der Waals surface area contributed by atoms with Crippen molar-refractivity contribution in [2.45, 2.75) is 0 Å². The fourth-order valence-corrected chi connectivity index (χ4v) is 2.00. The van der Waals surface area contributed by atoms with Gasteiger partial charge in [-0.1, -0.05) is 23.2 Å². The summed E-state index contributed by atoms with van der Waals surface area (Å²) in [6, 6.07) is 1.69. The Morgan fingerprint density at radius 2 is 1.89 bits per heavy atom. The zero-order valence-corrected chi connectivity index (χ0v) is 10.4. The van der Waals surface area contributed by atoms with E-state index < -0.39 is 37.8 Å². The number of nitro benzene ring substituents is 1. The van der Waals surface area contributed by atoms with Crippen LogP contribution in [-0.2, 0) is 0 Å². The van der Waals surface area contributed by atoms with Crippen molar-refractivity contribution in [2.75, 3.05) is 0 Å². The van der Waals surface area contributed by atoms with Crippen LogP contribution in [-0.4, -0.2) is 15.0 Å². The monoisotopic (exact) mass is 302 g/mol. The standard InChI is InChI=1S/C10H4Cl2N2O5/c11-3-1-4-7(9(8(3)12)14(18)19)5(15)2-6(16)10(17)13-4/h1-2,16H,(H,13,17). The summed E-state index contributed by atoms with van der Waals surface area (Å²) in [5, 5.41) is 19.2. The molecule has 0 bridgehead atoms. The Labute approximate surface area is 114 Å². The van der Waals surface area contributed by atoms with E-state index in [0.717, 1.165) is 6.07 Å². The van der Waals surface area contributed by atoms with Crippen molar-refractivity contribution >= 4 is 39.8 Å². The number of nitrogens with zero attached hydrogens (tertiary/aromatic N) is 1. The highest BCUT2D eigenvalue weighted by atomic mass is 35.5. The van der Waals surface area contributed by atoms with E-state index in [1.165, 1.54) is 0 Å². The van der Waals surface area contributed by atoms with Crippen molar-refractivity contribution in [3.05, 3.63) is 52.9 Å². The summed E-state index contributed by atoms with van der Waals surface area (Å²) in [6.07, 6.45) is 0. The minimum atomic E-state index is -0.972. The van der Waals surface area contributed by atoms with Crippen LogP contribution in [0.5, 0.6) is 5.75 Å². The molecule has 0 saturated carbocycles. The topological polar surface area (TPSA) is 113 Å². The van der Waals surface area contributed by atoms with E-state index in [1.807, 2.05) is 0 Å². The molecular weight excluding hydrogens is 299 g/mol. The van der Waals surface area contributed by atoms with Crippen LogP contribution < -0.4 is 11.0 Å². The maximum absolute atomic E-state index is 11.8. The third-order valence-electron chi connectivity index (χ3n) is 2.37. The lowest BCUT2D eigenvalue weighted by atomic mass is 10.2. The van der Waals surface area contributed by atoms with Gasteiger partial charge < -0.3 is 10.1 Å². The molecule has 19 heavy (non-hydrogen) atoms. The van der Waals surface area contributed by atoms with Crippen molar-refractivity contribution in [1.29, 1.82) is 0 Å². The summed E-state index contributed by atoms with van der Waals surface area (Å²) < 4.78 is 0. The van der Waals surface area contributed by atoms with E-state index >= 15 is 0 Å². The molecule has 0 amide bonds. The summed E-state index contributed by atoms with van der Waals surface area (Å²) in [6.45, 7) is 0. The number of H-pyrrole nitrogens is 1. The quantitative estimate of drug-likeness (QED) is 0.616. The summed E-state index contributed by atoms with van der Waals surface area (Å²) in [5.74, 6) is -0.859. The number of nitrogens with one attached hydrogen (secondary N) is 1. The fraction of sp³-hybridized carbons (Fsp3) is 0. The molecule has 0 aliphatic carbocycles. The molecule has 1 heterocycles. The number of nitro groups is 1. The van der Waals surface area contributed by atoms with Crippen LogP contribution in [0.1, 0.15) is 0 Å². The first-order valence-electron chi connectivity index (χ1n) is 4.75. The van der Waals surface area contributed by atoms with Crippen LogP contribution in [0.15, 0.2) is 21.7 Å². The zero-order valence-electron chi connectivity index (χ0n) is 8.94. The molecule has 7 nitrogen and oxygen atoms in total. The molecule has 0 radical (unpaired) electrons. The van der Waals surface area contributed by atoms with Gasteiger partial charge in [-0.05, 0) is 6.07 Å². The van der Waals surface area contributed by atoms with Gasteiger partial charge in [0.1, 0.15) is 10.4 Å². The second kappa shape index (κ2) is 4.52. The Morgan fingerprint density at radius 3 is 2.47 bits per heavy atom. The largest absolute Gasteiger partial charge is 0.503 e. The van der Waals surface area contributed by atoms with E-state index in [4.69, 9.17) is 23.2 Å². The summed E-state index contributed by atoms with van der Waals surface area (Å²) in [4.78, 5) is 35.4. The number of aromatic nitrogens is 1. The maximum atomic E-state index is 11.8. The number of hydrogen-bond acceptors (Lipinski definition) is 5. The minimum Gasteiger partial charge on any atom is -0.503 e. The Kier molecular flexibility index (Phi) is 3.17. The molecular formula is C10H4Cl2N2O5. The van der Waals surface area contributed by atoms with E-state index in [9.17, 15) is 24.8 Å². The van der Waals surface area contributed by atoms with Crippen LogP contribution in [0.3, 0.4) is 0 Å². The smallest absolute Gasteiger partial charge is 0.302 e. The van der Waals surface area contributed by atoms with Gasteiger partial charge in [0.25, 0.3) is 5.56 Å². The third kappa shape index (κ3) is 2.13. The molecule has 0 fully saturated rings. The number of rotatable bonds is 1. The third-order valence-corrected chi connectivity index (χ3v) is 3.15. The summed E-state index contributed by atoms with van der Waals surface area (Å²) in [7, 11) is 0. The molecule has 2 N–H and O–H groups in total. The van der Waals surface area contributed by atoms with Gasteiger partial charge in [-0.3, -0.25) is 19.7 Å². The first-order chi connectivity index (χ1) is 8.82. The van der Waals surface area contributed by atoms with Gasteiger partial charge in [-0.2, -0.15) is 0 Å².